The summed E-state index contributed by atoms with van der Waals surface area (Å²) >= 11 is 3.65. The van der Waals surface area contributed by atoms with Crippen molar-refractivity contribution in [3.8, 4) is 12.3 Å². The molecule has 2 aliphatic rings. The second-order valence-electron chi connectivity index (χ2n) is 4.51. The molecule has 3 nitrogen and oxygen atoms in total. The molecule has 1 spiro atoms. The van der Waals surface area contributed by atoms with Gasteiger partial charge in [0.25, 0.3) is 0 Å². The molecule has 16 heavy (non-hydrogen) atoms. The molecule has 0 unspecified atom stereocenters. The summed E-state index contributed by atoms with van der Waals surface area (Å²) in [7, 11) is 0. The average molecular weight is 289 g/mol. The Morgan fingerprint density at radius 3 is 2.81 bits per heavy atom. The van der Waals surface area contributed by atoms with Crippen molar-refractivity contribution in [1.82, 2.24) is 0 Å². The van der Waals surface area contributed by atoms with Crippen LogP contribution < -0.4 is 0 Å². The summed E-state index contributed by atoms with van der Waals surface area (Å²) in [6, 6.07) is 0. The first-order valence-corrected chi connectivity index (χ1v) is 6.56. The molecule has 1 heterocycles. The molecule has 2 rings (SSSR count). The summed E-state index contributed by atoms with van der Waals surface area (Å²) in [4.78, 5) is 0.0621. The van der Waals surface area contributed by atoms with Gasteiger partial charge in [-0.3, -0.25) is 0 Å². The summed E-state index contributed by atoms with van der Waals surface area (Å²) in [6.45, 7) is 3.86. The Hall–Kier alpha value is -0.0800. The Kier molecular flexibility index (Phi) is 3.91. The van der Waals surface area contributed by atoms with Crippen molar-refractivity contribution in [2.24, 2.45) is 5.92 Å². The van der Waals surface area contributed by atoms with Crippen LogP contribution in [0, 0.1) is 18.3 Å². The first-order chi connectivity index (χ1) is 7.68. The Bertz CT molecular complexity index is 280. The maximum Gasteiger partial charge on any atom is 0.183 e. The number of alkyl halides is 1. The highest BCUT2D eigenvalue weighted by Crippen LogP contribution is 2.43. The molecule has 90 valence electrons. The second-order valence-corrected chi connectivity index (χ2v) is 5.50. The zero-order valence-corrected chi connectivity index (χ0v) is 11.0. The Labute approximate surface area is 105 Å². The summed E-state index contributed by atoms with van der Waals surface area (Å²) < 4.78 is 17.2. The van der Waals surface area contributed by atoms with E-state index < -0.39 is 5.79 Å². The monoisotopic (exact) mass is 288 g/mol. The molecule has 4 heteroatoms. The molecule has 0 radical (unpaired) electrons. The molecule has 1 saturated carbocycles. The van der Waals surface area contributed by atoms with Crippen LogP contribution in [0.1, 0.15) is 19.8 Å². The molecule has 0 aromatic heterocycles. The van der Waals surface area contributed by atoms with Gasteiger partial charge in [-0.1, -0.05) is 28.8 Å². The number of terminal acetylenes is 1. The lowest BCUT2D eigenvalue weighted by atomic mass is 9.84. The molecule has 1 aliphatic heterocycles. The van der Waals surface area contributed by atoms with E-state index in [0.717, 1.165) is 12.8 Å². The molecule has 0 aromatic carbocycles. The van der Waals surface area contributed by atoms with Gasteiger partial charge in [0.1, 0.15) is 6.61 Å². The lowest BCUT2D eigenvalue weighted by molar-refractivity contribution is -0.202. The number of hydrogen-bond donors (Lipinski definition) is 0. The van der Waals surface area contributed by atoms with E-state index >= 15 is 0 Å². The maximum atomic E-state index is 5.77. The molecule has 0 bridgehead atoms. The molecular weight excluding hydrogens is 272 g/mol. The predicted octanol–water partition coefficient (Wildman–Crippen LogP) is 1.94. The van der Waals surface area contributed by atoms with Crippen molar-refractivity contribution in [3.05, 3.63) is 0 Å². The van der Waals surface area contributed by atoms with Crippen LogP contribution in [-0.4, -0.2) is 36.5 Å². The second kappa shape index (κ2) is 5.05. The van der Waals surface area contributed by atoms with Gasteiger partial charge in [-0.15, -0.1) is 6.42 Å². The van der Waals surface area contributed by atoms with Gasteiger partial charge in [-0.2, -0.15) is 0 Å². The summed E-state index contributed by atoms with van der Waals surface area (Å²) in [5.74, 6) is 2.52. The minimum atomic E-state index is -0.503. The fourth-order valence-electron chi connectivity index (χ4n) is 2.54. The highest BCUT2D eigenvalue weighted by atomic mass is 79.9. The zero-order valence-electron chi connectivity index (χ0n) is 9.45. The highest BCUT2D eigenvalue weighted by Gasteiger charge is 2.51. The van der Waals surface area contributed by atoms with E-state index in [1.54, 1.807) is 0 Å². The lowest BCUT2D eigenvalue weighted by Gasteiger charge is -2.43. The van der Waals surface area contributed by atoms with Crippen LogP contribution >= 0.6 is 15.9 Å². The minimum Gasteiger partial charge on any atom is -0.364 e. The number of ether oxygens (including phenoxy) is 3. The third-order valence-corrected chi connectivity index (χ3v) is 4.46. The normalized spacial score (nSPS) is 37.4. The van der Waals surface area contributed by atoms with Gasteiger partial charge in [0.2, 0.25) is 0 Å². The van der Waals surface area contributed by atoms with E-state index in [-0.39, 0.29) is 10.9 Å². The SMILES string of the molecule is C#CCO[C@@H]1C[C@@H](C)CC2(OCCO2)[C@H]1Br. The van der Waals surface area contributed by atoms with Gasteiger partial charge in [-0.25, -0.2) is 0 Å². The largest absolute Gasteiger partial charge is 0.364 e. The molecule has 0 aromatic rings. The number of halogens is 1. The highest BCUT2D eigenvalue weighted by molar-refractivity contribution is 9.09. The summed E-state index contributed by atoms with van der Waals surface area (Å²) in [5, 5.41) is 0. The summed E-state index contributed by atoms with van der Waals surface area (Å²) in [5.41, 5.74) is 0. The van der Waals surface area contributed by atoms with E-state index in [9.17, 15) is 0 Å². The third-order valence-electron chi connectivity index (χ3n) is 3.17. The topological polar surface area (TPSA) is 27.7 Å². The Morgan fingerprint density at radius 2 is 2.19 bits per heavy atom. The van der Waals surface area contributed by atoms with Gasteiger partial charge in [0.15, 0.2) is 5.79 Å². The third kappa shape index (κ3) is 2.28. The van der Waals surface area contributed by atoms with Crippen molar-refractivity contribution in [1.29, 1.82) is 0 Å². The molecule has 2 fully saturated rings. The first kappa shape index (κ1) is 12.4. The van der Waals surface area contributed by atoms with Crippen LogP contribution in [-0.2, 0) is 14.2 Å². The fourth-order valence-corrected chi connectivity index (χ4v) is 3.36. The lowest BCUT2D eigenvalue weighted by Crippen LogP contribution is -2.52. The van der Waals surface area contributed by atoms with Gasteiger partial charge in [0.05, 0.1) is 24.1 Å². The zero-order chi connectivity index (χ0) is 11.6. The minimum absolute atomic E-state index is 0.0621. The molecule has 0 amide bonds. The van der Waals surface area contributed by atoms with E-state index in [0.29, 0.717) is 25.7 Å². The van der Waals surface area contributed by atoms with Gasteiger partial charge in [-0.05, 0) is 12.3 Å². The smallest absolute Gasteiger partial charge is 0.183 e. The van der Waals surface area contributed by atoms with Crippen LogP contribution in [0.5, 0.6) is 0 Å². The van der Waals surface area contributed by atoms with E-state index in [2.05, 4.69) is 28.8 Å². The van der Waals surface area contributed by atoms with Gasteiger partial charge < -0.3 is 14.2 Å². The molecular formula is C12H17BrO3. The van der Waals surface area contributed by atoms with Crippen molar-refractivity contribution >= 4 is 15.9 Å². The molecule has 0 N–H and O–H groups in total. The van der Waals surface area contributed by atoms with E-state index in [1.807, 2.05) is 0 Å². The maximum absolute atomic E-state index is 5.77. The van der Waals surface area contributed by atoms with Crippen LogP contribution in [0.4, 0.5) is 0 Å². The Balaban J connectivity index is 2.07. The van der Waals surface area contributed by atoms with Crippen molar-refractivity contribution in [2.45, 2.75) is 36.5 Å². The first-order valence-electron chi connectivity index (χ1n) is 5.65. The van der Waals surface area contributed by atoms with E-state index in [1.165, 1.54) is 0 Å². The van der Waals surface area contributed by atoms with Crippen molar-refractivity contribution < 1.29 is 14.2 Å². The average Bonchev–Trinajstić information content (AvgIpc) is 2.71. The predicted molar refractivity (Wildman–Crippen MR) is 64.3 cm³/mol. The molecule has 3 atom stereocenters. The summed E-state index contributed by atoms with van der Waals surface area (Å²) in [6.07, 6.45) is 7.19. The fraction of sp³-hybridized carbons (Fsp3) is 0.833. The Morgan fingerprint density at radius 1 is 1.50 bits per heavy atom. The number of rotatable bonds is 2. The van der Waals surface area contributed by atoms with Crippen molar-refractivity contribution in [2.75, 3.05) is 19.8 Å². The molecule has 1 saturated heterocycles. The van der Waals surface area contributed by atoms with Crippen molar-refractivity contribution in [3.63, 3.8) is 0 Å². The van der Waals surface area contributed by atoms with Gasteiger partial charge >= 0.3 is 0 Å². The number of hydrogen-bond acceptors (Lipinski definition) is 3. The van der Waals surface area contributed by atoms with Gasteiger partial charge in [0, 0.05) is 6.42 Å². The molecule has 1 aliphatic carbocycles. The van der Waals surface area contributed by atoms with Crippen LogP contribution in [0.3, 0.4) is 0 Å². The van der Waals surface area contributed by atoms with Crippen LogP contribution in [0.2, 0.25) is 0 Å². The van der Waals surface area contributed by atoms with E-state index in [4.69, 9.17) is 20.6 Å². The standard InChI is InChI=1S/C12H17BrO3/c1-3-4-14-10-7-9(2)8-12(11(10)13)15-5-6-16-12/h1,9-11H,4-8H2,2H3/t9-,10-,11+/m1/s1. The van der Waals surface area contributed by atoms with Crippen LogP contribution in [0.25, 0.3) is 0 Å². The van der Waals surface area contributed by atoms with Crippen LogP contribution in [0.15, 0.2) is 0 Å². The quantitative estimate of drug-likeness (QED) is 0.574.